The van der Waals surface area contributed by atoms with Gasteiger partial charge in [0.2, 0.25) is 5.91 Å². The van der Waals surface area contributed by atoms with E-state index in [9.17, 15) is 4.79 Å². The molecule has 1 amide bonds. The van der Waals surface area contributed by atoms with Gasteiger partial charge < -0.3 is 10.1 Å². The number of carbonyl (C=O) groups excluding carboxylic acids is 1. The molecule has 0 saturated heterocycles. The number of hydrogen-bond donors (Lipinski definition) is 1. The van der Waals surface area contributed by atoms with Gasteiger partial charge in [-0.15, -0.1) is 0 Å². The molecule has 0 spiro atoms. The van der Waals surface area contributed by atoms with Gasteiger partial charge in [0.05, 0.1) is 12.8 Å². The number of nitrogens with zero attached hydrogens (tertiary/aromatic N) is 1. The quantitative estimate of drug-likeness (QED) is 0.799. The molecule has 1 aliphatic carbocycles. The molecule has 0 aromatic carbocycles. The Labute approximate surface area is 101 Å². The minimum absolute atomic E-state index is 0.00130. The fraction of sp³-hybridized carbons (Fsp3) is 0.385. The van der Waals surface area contributed by atoms with E-state index < -0.39 is 0 Å². The fourth-order valence-corrected chi connectivity index (χ4v) is 1.97. The van der Waals surface area contributed by atoms with Crippen molar-refractivity contribution in [2.24, 2.45) is 10.9 Å². The van der Waals surface area contributed by atoms with Gasteiger partial charge in [-0.05, 0) is 30.2 Å². The van der Waals surface area contributed by atoms with Crippen LogP contribution in [0.5, 0.6) is 0 Å². The molecule has 4 nitrogen and oxygen atoms in total. The molecule has 1 aliphatic heterocycles. The predicted molar refractivity (Wildman–Crippen MR) is 66.5 cm³/mol. The van der Waals surface area contributed by atoms with Gasteiger partial charge in [0.15, 0.2) is 0 Å². The van der Waals surface area contributed by atoms with Crippen LogP contribution in [0, 0.1) is 5.92 Å². The molecular weight excluding hydrogens is 216 g/mol. The molecular formula is C13H16N2O2. The van der Waals surface area contributed by atoms with E-state index in [1.165, 1.54) is 12.5 Å². The molecule has 2 aliphatic rings. The molecule has 4 heteroatoms. The molecule has 0 saturated carbocycles. The van der Waals surface area contributed by atoms with Crippen LogP contribution in [0.2, 0.25) is 0 Å². The average Bonchev–Trinajstić information content (AvgIpc) is 2.71. The molecule has 17 heavy (non-hydrogen) atoms. The first-order valence-corrected chi connectivity index (χ1v) is 5.65. The van der Waals surface area contributed by atoms with Crippen molar-refractivity contribution in [2.45, 2.75) is 13.3 Å². The van der Waals surface area contributed by atoms with Gasteiger partial charge in [-0.1, -0.05) is 0 Å². The van der Waals surface area contributed by atoms with Crippen molar-refractivity contribution in [3.05, 3.63) is 35.8 Å². The monoisotopic (exact) mass is 232 g/mol. The summed E-state index contributed by atoms with van der Waals surface area (Å²) in [4.78, 5) is 15.2. The number of carbonyl (C=O) groups is 1. The number of aliphatic imine (C=N–C) groups is 1. The smallest absolute Gasteiger partial charge is 0.216 e. The largest absolute Gasteiger partial charge is 0.497 e. The summed E-state index contributed by atoms with van der Waals surface area (Å²) in [6, 6.07) is 0. The maximum Gasteiger partial charge on any atom is 0.216 e. The highest BCUT2D eigenvalue weighted by molar-refractivity contribution is 6.03. The fourth-order valence-electron chi connectivity index (χ4n) is 1.97. The number of nitrogens with one attached hydrogen (secondary N) is 1. The summed E-state index contributed by atoms with van der Waals surface area (Å²) in [5, 5.41) is 2.79. The molecule has 0 aromatic heterocycles. The van der Waals surface area contributed by atoms with E-state index in [0.717, 1.165) is 17.9 Å². The van der Waals surface area contributed by atoms with E-state index in [1.54, 1.807) is 7.11 Å². The van der Waals surface area contributed by atoms with Crippen LogP contribution in [0.3, 0.4) is 0 Å². The predicted octanol–water partition coefficient (Wildman–Crippen LogP) is 1.57. The second kappa shape index (κ2) is 4.99. The Hall–Kier alpha value is -1.84. The Bertz CT molecular complexity index is 444. The van der Waals surface area contributed by atoms with Crippen LogP contribution < -0.4 is 5.32 Å². The van der Waals surface area contributed by atoms with E-state index in [4.69, 9.17) is 4.74 Å². The van der Waals surface area contributed by atoms with Crippen LogP contribution in [0.25, 0.3) is 0 Å². The van der Waals surface area contributed by atoms with Gasteiger partial charge >= 0.3 is 0 Å². The normalized spacial score (nSPS) is 21.3. The summed E-state index contributed by atoms with van der Waals surface area (Å²) in [5.74, 6) is 1.08. The van der Waals surface area contributed by atoms with Crippen molar-refractivity contribution < 1.29 is 9.53 Å². The van der Waals surface area contributed by atoms with Crippen molar-refractivity contribution in [2.75, 3.05) is 13.7 Å². The van der Waals surface area contributed by atoms with Crippen LogP contribution in [-0.4, -0.2) is 25.3 Å². The van der Waals surface area contributed by atoms with E-state index in [2.05, 4.69) is 16.4 Å². The summed E-state index contributed by atoms with van der Waals surface area (Å²) < 4.78 is 5.21. The topological polar surface area (TPSA) is 50.7 Å². The summed E-state index contributed by atoms with van der Waals surface area (Å²) in [5.41, 5.74) is 2.26. The van der Waals surface area contributed by atoms with Gasteiger partial charge in [0.1, 0.15) is 5.76 Å². The van der Waals surface area contributed by atoms with Crippen molar-refractivity contribution in [3.8, 4) is 0 Å². The molecule has 1 atom stereocenters. The highest BCUT2D eigenvalue weighted by atomic mass is 16.5. The van der Waals surface area contributed by atoms with Crippen LogP contribution in [-0.2, 0) is 9.53 Å². The van der Waals surface area contributed by atoms with Crippen molar-refractivity contribution >= 4 is 11.6 Å². The van der Waals surface area contributed by atoms with Crippen LogP contribution >= 0.6 is 0 Å². The van der Waals surface area contributed by atoms with Crippen LogP contribution in [0.4, 0.5) is 0 Å². The third kappa shape index (κ3) is 2.64. The summed E-state index contributed by atoms with van der Waals surface area (Å²) in [7, 11) is 1.66. The molecule has 1 unspecified atom stereocenters. The van der Waals surface area contributed by atoms with Crippen molar-refractivity contribution in [3.63, 3.8) is 0 Å². The standard InChI is InChI=1S/C13H16N2O2/c1-9(16)14-6-5-10-8-15-13-4-3-11(17-2)7-12(10)13/h3-4,7-8,12H,5-6H2,1-2H3,(H,14,16). The molecule has 1 heterocycles. The molecule has 2 rings (SSSR count). The average molecular weight is 232 g/mol. The van der Waals surface area contributed by atoms with E-state index >= 15 is 0 Å². The van der Waals surface area contributed by atoms with Crippen LogP contribution in [0.1, 0.15) is 13.3 Å². The van der Waals surface area contributed by atoms with Gasteiger partial charge in [-0.3, -0.25) is 9.79 Å². The number of methoxy groups -OCH3 is 1. The Morgan fingerprint density at radius 3 is 3.06 bits per heavy atom. The lowest BCUT2D eigenvalue weighted by molar-refractivity contribution is -0.118. The lowest BCUT2D eigenvalue weighted by atomic mass is 9.90. The van der Waals surface area contributed by atoms with Gasteiger partial charge in [0.25, 0.3) is 0 Å². The minimum Gasteiger partial charge on any atom is -0.497 e. The lowest BCUT2D eigenvalue weighted by Crippen LogP contribution is -2.23. The zero-order valence-corrected chi connectivity index (χ0v) is 10.1. The Morgan fingerprint density at radius 2 is 2.35 bits per heavy atom. The second-order valence-corrected chi connectivity index (χ2v) is 4.08. The number of hydrogen-bond acceptors (Lipinski definition) is 3. The Balaban J connectivity index is 1.96. The van der Waals surface area contributed by atoms with E-state index in [1.807, 2.05) is 18.4 Å². The van der Waals surface area contributed by atoms with E-state index in [-0.39, 0.29) is 11.8 Å². The minimum atomic E-state index is 0.00130. The molecule has 0 bridgehead atoms. The zero-order valence-electron chi connectivity index (χ0n) is 10.1. The highest BCUT2D eigenvalue weighted by Gasteiger charge is 2.24. The highest BCUT2D eigenvalue weighted by Crippen LogP contribution is 2.29. The number of rotatable bonds is 4. The third-order valence-electron chi connectivity index (χ3n) is 2.87. The first-order chi connectivity index (χ1) is 8.20. The molecule has 90 valence electrons. The Kier molecular flexibility index (Phi) is 3.42. The number of ether oxygens (including phenoxy) is 1. The Morgan fingerprint density at radius 1 is 1.53 bits per heavy atom. The maximum atomic E-state index is 10.8. The zero-order chi connectivity index (χ0) is 12.3. The molecule has 0 radical (unpaired) electrons. The van der Waals surface area contributed by atoms with Crippen LogP contribution in [0.15, 0.2) is 40.8 Å². The first-order valence-electron chi connectivity index (χ1n) is 5.65. The number of allylic oxidation sites excluding steroid dienone is 3. The molecule has 1 N–H and O–H groups in total. The number of amides is 1. The summed E-state index contributed by atoms with van der Waals surface area (Å²) in [6.45, 7) is 2.18. The van der Waals surface area contributed by atoms with Gasteiger partial charge in [-0.25, -0.2) is 0 Å². The molecule has 0 aromatic rings. The first kappa shape index (κ1) is 11.6. The van der Waals surface area contributed by atoms with Crippen molar-refractivity contribution in [1.82, 2.24) is 5.32 Å². The summed E-state index contributed by atoms with van der Waals surface area (Å²) >= 11 is 0. The number of fused-ring (bicyclic) bond motifs is 1. The maximum absolute atomic E-state index is 10.8. The molecule has 0 fully saturated rings. The third-order valence-corrected chi connectivity index (χ3v) is 2.87. The second-order valence-electron chi connectivity index (χ2n) is 4.08. The van der Waals surface area contributed by atoms with Gasteiger partial charge in [-0.2, -0.15) is 0 Å². The van der Waals surface area contributed by atoms with Gasteiger partial charge in [0, 0.05) is 25.6 Å². The SMILES string of the molecule is COC1=CC2C(CCNC(C)=O)=CN=C2C=C1. The lowest BCUT2D eigenvalue weighted by Gasteiger charge is -2.16. The van der Waals surface area contributed by atoms with E-state index in [0.29, 0.717) is 6.54 Å². The summed E-state index contributed by atoms with van der Waals surface area (Å²) in [6.07, 6.45) is 8.66. The van der Waals surface area contributed by atoms with Crippen molar-refractivity contribution in [1.29, 1.82) is 0 Å².